The summed E-state index contributed by atoms with van der Waals surface area (Å²) in [6.45, 7) is 4.47. The van der Waals surface area contributed by atoms with Crippen molar-refractivity contribution in [1.82, 2.24) is 0 Å². The third-order valence-electron chi connectivity index (χ3n) is 4.16. The molecule has 0 saturated heterocycles. The highest BCUT2D eigenvalue weighted by atomic mass is 32.2. The van der Waals surface area contributed by atoms with Crippen molar-refractivity contribution in [2.24, 2.45) is 0 Å². The molecule has 0 unspecified atom stereocenters. The van der Waals surface area contributed by atoms with E-state index in [1.165, 1.54) is 0 Å². The lowest BCUT2D eigenvalue weighted by Crippen LogP contribution is -2.32. The van der Waals surface area contributed by atoms with E-state index in [9.17, 15) is 8.42 Å². The number of anilines is 1. The van der Waals surface area contributed by atoms with Crippen LogP contribution in [0.5, 0.6) is 5.75 Å². The standard InChI is InChI=1S/C18H21NO3S2/c1-13-12-15(8-9-17(13)22-3)24(20,21)19-11-10-14(2)23-18-7-5-4-6-16(18)19/h4-9,12,14H,10-11H2,1-3H3/t14-/m0/s1. The van der Waals surface area contributed by atoms with E-state index in [-0.39, 0.29) is 0 Å². The third-order valence-corrected chi connectivity index (χ3v) is 7.20. The lowest BCUT2D eigenvalue weighted by molar-refractivity contribution is 0.411. The van der Waals surface area contributed by atoms with Gasteiger partial charge in [-0.1, -0.05) is 19.1 Å². The number of nitrogens with zero attached hydrogens (tertiary/aromatic N) is 1. The Labute approximate surface area is 147 Å². The molecule has 0 bridgehead atoms. The van der Waals surface area contributed by atoms with Gasteiger partial charge in [-0.05, 0) is 49.2 Å². The average molecular weight is 364 g/mol. The summed E-state index contributed by atoms with van der Waals surface area (Å²) in [5.41, 5.74) is 1.57. The first-order valence-electron chi connectivity index (χ1n) is 7.86. The number of sulfonamides is 1. The number of benzene rings is 2. The minimum Gasteiger partial charge on any atom is -0.496 e. The maximum atomic E-state index is 13.2. The Morgan fingerprint density at radius 3 is 2.67 bits per heavy atom. The van der Waals surface area contributed by atoms with E-state index in [1.54, 1.807) is 41.4 Å². The number of fused-ring (bicyclic) bond motifs is 1. The number of rotatable bonds is 3. The van der Waals surface area contributed by atoms with Gasteiger partial charge >= 0.3 is 0 Å². The highest BCUT2D eigenvalue weighted by Gasteiger charge is 2.30. The second kappa shape index (κ2) is 6.69. The summed E-state index contributed by atoms with van der Waals surface area (Å²) in [5.74, 6) is 0.689. The number of methoxy groups -OCH3 is 1. The number of hydrogen-bond acceptors (Lipinski definition) is 4. The van der Waals surface area contributed by atoms with Gasteiger partial charge in [-0.15, -0.1) is 11.8 Å². The molecule has 1 heterocycles. The monoisotopic (exact) mass is 363 g/mol. The fraction of sp³-hybridized carbons (Fsp3) is 0.333. The van der Waals surface area contributed by atoms with Gasteiger partial charge in [-0.3, -0.25) is 4.31 Å². The Morgan fingerprint density at radius 2 is 1.96 bits per heavy atom. The first kappa shape index (κ1) is 17.2. The van der Waals surface area contributed by atoms with Crippen molar-refractivity contribution < 1.29 is 13.2 Å². The van der Waals surface area contributed by atoms with Crippen LogP contribution in [0.15, 0.2) is 52.3 Å². The largest absolute Gasteiger partial charge is 0.496 e. The summed E-state index contributed by atoms with van der Waals surface area (Å²) in [7, 11) is -2.02. The quantitative estimate of drug-likeness (QED) is 0.824. The van der Waals surface area contributed by atoms with Crippen molar-refractivity contribution in [3.63, 3.8) is 0 Å². The van der Waals surface area contributed by atoms with Crippen LogP contribution in [-0.4, -0.2) is 27.3 Å². The zero-order valence-corrected chi connectivity index (χ0v) is 15.7. The first-order chi connectivity index (χ1) is 11.4. The van der Waals surface area contributed by atoms with Crippen LogP contribution in [-0.2, 0) is 10.0 Å². The summed E-state index contributed by atoms with van der Waals surface area (Å²) >= 11 is 1.73. The van der Waals surface area contributed by atoms with E-state index in [1.807, 2.05) is 31.2 Å². The van der Waals surface area contributed by atoms with Crippen LogP contribution in [0.1, 0.15) is 18.9 Å². The van der Waals surface area contributed by atoms with E-state index in [0.717, 1.165) is 22.6 Å². The number of para-hydroxylation sites is 1. The van der Waals surface area contributed by atoms with Gasteiger partial charge in [0.1, 0.15) is 5.75 Å². The molecule has 0 aromatic heterocycles. The summed E-state index contributed by atoms with van der Waals surface area (Å²) in [6.07, 6.45) is 0.813. The first-order valence-corrected chi connectivity index (χ1v) is 10.2. The molecule has 0 radical (unpaired) electrons. The topological polar surface area (TPSA) is 46.6 Å². The molecule has 3 rings (SSSR count). The number of hydrogen-bond donors (Lipinski definition) is 0. The smallest absolute Gasteiger partial charge is 0.264 e. The van der Waals surface area contributed by atoms with Crippen LogP contribution in [0.3, 0.4) is 0 Å². The van der Waals surface area contributed by atoms with Crippen molar-refractivity contribution in [3.05, 3.63) is 48.0 Å². The zero-order valence-electron chi connectivity index (χ0n) is 14.0. The van der Waals surface area contributed by atoms with Gasteiger partial charge in [-0.25, -0.2) is 8.42 Å². The molecule has 2 aromatic rings. The van der Waals surface area contributed by atoms with Gasteiger partial charge in [0.2, 0.25) is 0 Å². The third kappa shape index (κ3) is 3.13. The van der Waals surface area contributed by atoms with Gasteiger partial charge < -0.3 is 4.74 Å². The molecule has 0 spiro atoms. The zero-order chi connectivity index (χ0) is 17.3. The van der Waals surface area contributed by atoms with Crippen molar-refractivity contribution in [2.45, 2.75) is 35.3 Å². The van der Waals surface area contributed by atoms with Crippen molar-refractivity contribution >= 4 is 27.5 Å². The molecule has 2 aromatic carbocycles. The second-order valence-corrected chi connectivity index (χ2v) is 9.24. The Hall–Kier alpha value is -1.66. The minimum absolute atomic E-state index is 0.301. The Balaban J connectivity index is 2.08. The number of thioether (sulfide) groups is 1. The minimum atomic E-state index is -3.61. The second-order valence-electron chi connectivity index (χ2n) is 5.89. The normalized spacial score (nSPS) is 18.0. The molecule has 0 saturated carbocycles. The molecule has 1 aliphatic rings. The Bertz CT molecular complexity index is 849. The van der Waals surface area contributed by atoms with Gasteiger partial charge in [0, 0.05) is 16.7 Å². The SMILES string of the molecule is COc1ccc(S(=O)(=O)N2CC[C@H](C)Sc3ccccc32)cc1C. The van der Waals surface area contributed by atoms with Crippen LogP contribution >= 0.6 is 11.8 Å². The summed E-state index contributed by atoms with van der Waals surface area (Å²) in [6, 6.07) is 12.7. The Morgan fingerprint density at radius 1 is 1.21 bits per heavy atom. The predicted octanol–water partition coefficient (Wildman–Crippen LogP) is 4.08. The molecule has 0 fully saturated rings. The number of ether oxygens (including phenoxy) is 1. The van der Waals surface area contributed by atoms with Crippen LogP contribution in [0.4, 0.5) is 5.69 Å². The molecule has 4 nitrogen and oxygen atoms in total. The van der Waals surface area contributed by atoms with Crippen LogP contribution in [0.25, 0.3) is 0 Å². The molecule has 24 heavy (non-hydrogen) atoms. The molecule has 0 N–H and O–H groups in total. The molecule has 1 aliphatic heterocycles. The molecule has 0 aliphatic carbocycles. The summed E-state index contributed by atoms with van der Waals surface area (Å²) in [5, 5.41) is 0.379. The van der Waals surface area contributed by atoms with Crippen LogP contribution in [0, 0.1) is 6.92 Å². The molecule has 128 valence electrons. The lowest BCUT2D eigenvalue weighted by atomic mass is 10.2. The van der Waals surface area contributed by atoms with Crippen LogP contribution < -0.4 is 9.04 Å². The van der Waals surface area contributed by atoms with Gasteiger partial charge in [0.05, 0.1) is 17.7 Å². The van der Waals surface area contributed by atoms with E-state index < -0.39 is 10.0 Å². The van der Waals surface area contributed by atoms with Gasteiger partial charge in [0.25, 0.3) is 10.0 Å². The highest BCUT2D eigenvalue weighted by molar-refractivity contribution is 8.00. The lowest BCUT2D eigenvalue weighted by Gasteiger charge is -2.24. The fourth-order valence-corrected chi connectivity index (χ4v) is 5.60. The van der Waals surface area contributed by atoms with E-state index in [4.69, 9.17) is 4.74 Å². The van der Waals surface area contributed by atoms with E-state index in [2.05, 4.69) is 6.92 Å². The maximum Gasteiger partial charge on any atom is 0.264 e. The van der Waals surface area contributed by atoms with E-state index in [0.29, 0.717) is 22.4 Å². The fourth-order valence-electron chi connectivity index (χ4n) is 2.85. The van der Waals surface area contributed by atoms with Gasteiger partial charge in [0.15, 0.2) is 0 Å². The molecular formula is C18H21NO3S2. The summed E-state index contributed by atoms with van der Waals surface area (Å²) in [4.78, 5) is 1.31. The van der Waals surface area contributed by atoms with Crippen molar-refractivity contribution in [3.8, 4) is 5.75 Å². The highest BCUT2D eigenvalue weighted by Crippen LogP contribution is 2.39. The molecule has 1 atom stereocenters. The van der Waals surface area contributed by atoms with E-state index >= 15 is 0 Å². The molecule has 6 heteroatoms. The Kier molecular flexibility index (Phi) is 4.78. The number of aryl methyl sites for hydroxylation is 1. The van der Waals surface area contributed by atoms with Crippen molar-refractivity contribution in [2.75, 3.05) is 18.0 Å². The van der Waals surface area contributed by atoms with Gasteiger partial charge in [-0.2, -0.15) is 0 Å². The van der Waals surface area contributed by atoms with Crippen LogP contribution in [0.2, 0.25) is 0 Å². The molecule has 0 amide bonds. The predicted molar refractivity (Wildman–Crippen MR) is 98.6 cm³/mol. The molecular weight excluding hydrogens is 342 g/mol. The maximum absolute atomic E-state index is 13.2. The van der Waals surface area contributed by atoms with Crippen molar-refractivity contribution in [1.29, 1.82) is 0 Å². The summed E-state index contributed by atoms with van der Waals surface area (Å²) < 4.78 is 33.3. The average Bonchev–Trinajstić information content (AvgIpc) is 2.73.